The number of fused-ring (bicyclic) bond motifs is 1. The molecule has 1 aliphatic carbocycles. The van der Waals surface area contributed by atoms with E-state index in [-0.39, 0.29) is 6.10 Å². The van der Waals surface area contributed by atoms with Crippen LogP contribution in [-0.4, -0.2) is 39.9 Å². The number of aromatic nitrogens is 3. The Balaban J connectivity index is 1.45. The summed E-state index contributed by atoms with van der Waals surface area (Å²) in [4.78, 5) is 31.0. The van der Waals surface area contributed by atoms with Gasteiger partial charge in [0.2, 0.25) is 0 Å². The molecule has 1 N–H and O–H groups in total. The third kappa shape index (κ3) is 5.16. The van der Waals surface area contributed by atoms with Crippen molar-refractivity contribution in [2.45, 2.75) is 58.0 Å². The lowest BCUT2D eigenvalue weighted by molar-refractivity contribution is 0.201. The number of hydrogen-bond acceptors (Lipinski definition) is 5. The Hall–Kier alpha value is -4.07. The van der Waals surface area contributed by atoms with Crippen molar-refractivity contribution in [1.82, 2.24) is 19.4 Å². The molecule has 0 unspecified atom stereocenters. The van der Waals surface area contributed by atoms with Gasteiger partial charge in [-0.2, -0.15) is 0 Å². The lowest BCUT2D eigenvalue weighted by atomic mass is 10.1. The van der Waals surface area contributed by atoms with Crippen molar-refractivity contribution in [2.24, 2.45) is 0 Å². The first kappa shape index (κ1) is 25.6. The molecule has 0 aliphatic heterocycles. The topological polar surface area (TPSA) is 87.4 Å². The Morgan fingerprint density at radius 1 is 1.00 bits per heavy atom. The second-order valence-corrected chi connectivity index (χ2v) is 9.68. The van der Waals surface area contributed by atoms with Crippen LogP contribution in [0.3, 0.4) is 0 Å². The fourth-order valence-corrected chi connectivity index (χ4v) is 5.04. The Bertz CT molecular complexity index is 1470. The third-order valence-electron chi connectivity index (χ3n) is 7.08. The molecule has 1 amide bonds. The molecule has 2 aromatic heterocycles. The van der Waals surface area contributed by atoms with Gasteiger partial charge in [0, 0.05) is 18.3 Å². The van der Waals surface area contributed by atoms with Crippen LogP contribution in [0.25, 0.3) is 28.0 Å². The van der Waals surface area contributed by atoms with Gasteiger partial charge in [0.15, 0.2) is 11.5 Å². The summed E-state index contributed by atoms with van der Waals surface area (Å²) in [6.07, 6.45) is 9.40. The van der Waals surface area contributed by atoms with Crippen LogP contribution in [-0.2, 0) is 0 Å². The second-order valence-electron chi connectivity index (χ2n) is 9.68. The van der Waals surface area contributed by atoms with Crippen LogP contribution in [0.1, 0.15) is 51.9 Å². The number of carbonyl (C=O) groups is 1. The van der Waals surface area contributed by atoms with Crippen LogP contribution < -0.4 is 20.5 Å². The maximum atomic E-state index is 13.4. The molecule has 0 atom stereocenters. The van der Waals surface area contributed by atoms with Crippen molar-refractivity contribution >= 4 is 17.1 Å². The fourth-order valence-electron chi connectivity index (χ4n) is 5.04. The zero-order valence-electron chi connectivity index (χ0n) is 22.0. The Morgan fingerprint density at radius 3 is 2.47 bits per heavy atom. The Kier molecular flexibility index (Phi) is 7.77. The van der Waals surface area contributed by atoms with E-state index in [4.69, 9.17) is 9.47 Å². The van der Waals surface area contributed by atoms with Crippen LogP contribution in [0.2, 0.25) is 0 Å². The van der Waals surface area contributed by atoms with Crippen LogP contribution in [0.4, 0.5) is 4.79 Å². The fraction of sp³-hybridized carbons (Fsp3) is 0.367. The number of unbranched alkanes of at least 4 members (excludes halogenated alkanes) is 2. The van der Waals surface area contributed by atoms with Crippen molar-refractivity contribution in [1.29, 1.82) is 0 Å². The van der Waals surface area contributed by atoms with E-state index in [1.807, 2.05) is 42.5 Å². The number of methoxy groups -OCH3 is 1. The lowest BCUT2D eigenvalue weighted by Crippen LogP contribution is -2.37. The summed E-state index contributed by atoms with van der Waals surface area (Å²) in [7, 11) is 1.65. The standard InChI is InChI=1S/C30H34N4O4/c1-3-4-9-18-31-29(35)34-25-13-8-7-12-24(25)33(30(34)36)28-17-15-22(20-32-28)21-14-16-26(37-2)27(19-21)38-23-10-5-6-11-23/h7-8,12-17,19-20,23H,3-6,9-11,18H2,1-2H3,(H,31,35). The zero-order chi connectivity index (χ0) is 26.5. The maximum Gasteiger partial charge on any atom is 0.343 e. The number of ether oxygens (including phenoxy) is 2. The molecule has 0 bridgehead atoms. The molecule has 1 fully saturated rings. The zero-order valence-corrected chi connectivity index (χ0v) is 22.0. The molecule has 8 nitrogen and oxygen atoms in total. The van der Waals surface area contributed by atoms with Crippen molar-refractivity contribution in [3.05, 3.63) is 71.3 Å². The number of carbonyl (C=O) groups excluding carboxylic acids is 1. The highest BCUT2D eigenvalue weighted by Gasteiger charge is 2.21. The largest absolute Gasteiger partial charge is 0.493 e. The molecule has 198 valence electrons. The van der Waals surface area contributed by atoms with Crippen molar-refractivity contribution in [3.8, 4) is 28.4 Å². The maximum absolute atomic E-state index is 13.4. The molecule has 1 saturated carbocycles. The van der Waals surface area contributed by atoms with E-state index < -0.39 is 11.7 Å². The molecule has 0 saturated heterocycles. The lowest BCUT2D eigenvalue weighted by Gasteiger charge is -2.17. The highest BCUT2D eigenvalue weighted by atomic mass is 16.5. The summed E-state index contributed by atoms with van der Waals surface area (Å²) in [5.74, 6) is 1.88. The molecule has 4 aromatic rings. The Labute approximate surface area is 222 Å². The number of para-hydroxylation sites is 2. The molecule has 2 aromatic carbocycles. The first-order valence-electron chi connectivity index (χ1n) is 13.4. The first-order valence-corrected chi connectivity index (χ1v) is 13.4. The quantitative estimate of drug-likeness (QED) is 0.280. The van der Waals surface area contributed by atoms with Crippen LogP contribution in [0.5, 0.6) is 11.5 Å². The van der Waals surface area contributed by atoms with Crippen molar-refractivity contribution < 1.29 is 14.3 Å². The van der Waals surface area contributed by atoms with Gasteiger partial charge in [-0.15, -0.1) is 0 Å². The van der Waals surface area contributed by atoms with Gasteiger partial charge in [-0.05, 0) is 74.1 Å². The molecule has 38 heavy (non-hydrogen) atoms. The monoisotopic (exact) mass is 514 g/mol. The minimum absolute atomic E-state index is 0.215. The van der Waals surface area contributed by atoms with E-state index in [2.05, 4.69) is 17.2 Å². The smallest absolute Gasteiger partial charge is 0.343 e. The molecule has 5 rings (SSSR count). The van der Waals surface area contributed by atoms with E-state index in [1.165, 1.54) is 22.0 Å². The van der Waals surface area contributed by atoms with E-state index >= 15 is 0 Å². The van der Waals surface area contributed by atoms with Crippen LogP contribution in [0.15, 0.2) is 65.6 Å². The normalized spacial score (nSPS) is 13.6. The first-order chi connectivity index (χ1) is 18.6. The molecule has 1 aliphatic rings. The molecule has 0 radical (unpaired) electrons. The van der Waals surface area contributed by atoms with Crippen molar-refractivity contribution in [2.75, 3.05) is 13.7 Å². The second kappa shape index (κ2) is 11.5. The van der Waals surface area contributed by atoms with E-state index in [9.17, 15) is 9.59 Å². The highest BCUT2D eigenvalue weighted by molar-refractivity contribution is 5.90. The summed E-state index contributed by atoms with van der Waals surface area (Å²) in [6.45, 7) is 2.63. The van der Waals surface area contributed by atoms with Crippen molar-refractivity contribution in [3.63, 3.8) is 0 Å². The number of imidazole rings is 1. The number of amides is 1. The summed E-state index contributed by atoms with van der Waals surface area (Å²) in [5, 5.41) is 2.87. The average Bonchev–Trinajstić information content (AvgIpc) is 3.56. The van der Waals surface area contributed by atoms with Crippen LogP contribution in [0, 0.1) is 0 Å². The number of rotatable bonds is 9. The van der Waals surface area contributed by atoms with Gasteiger partial charge in [0.1, 0.15) is 5.82 Å². The number of nitrogens with zero attached hydrogens (tertiary/aromatic N) is 3. The predicted octanol–water partition coefficient (Wildman–Crippen LogP) is 5.93. The molecule has 2 heterocycles. The van der Waals surface area contributed by atoms with Gasteiger partial charge < -0.3 is 14.8 Å². The minimum atomic E-state index is -0.448. The molecular formula is C30H34N4O4. The summed E-state index contributed by atoms with van der Waals surface area (Å²) in [6, 6.07) is 16.4. The van der Waals surface area contributed by atoms with E-state index in [0.29, 0.717) is 29.1 Å². The Morgan fingerprint density at radius 2 is 1.76 bits per heavy atom. The number of hydrogen-bond donors (Lipinski definition) is 1. The van der Waals surface area contributed by atoms with Gasteiger partial charge in [0.25, 0.3) is 0 Å². The van der Waals surface area contributed by atoms with Gasteiger partial charge in [-0.25, -0.2) is 23.7 Å². The van der Waals surface area contributed by atoms with E-state index in [0.717, 1.165) is 49.0 Å². The molecule has 8 heteroatoms. The summed E-state index contributed by atoms with van der Waals surface area (Å²) in [5.41, 5.74) is 2.55. The summed E-state index contributed by atoms with van der Waals surface area (Å²) < 4.78 is 14.4. The van der Waals surface area contributed by atoms with Crippen LogP contribution >= 0.6 is 0 Å². The van der Waals surface area contributed by atoms with E-state index in [1.54, 1.807) is 25.4 Å². The molecule has 0 spiro atoms. The number of nitrogens with one attached hydrogen (secondary N) is 1. The molecular weight excluding hydrogens is 480 g/mol. The van der Waals surface area contributed by atoms with Gasteiger partial charge in [-0.3, -0.25) is 0 Å². The van der Waals surface area contributed by atoms with Gasteiger partial charge >= 0.3 is 11.7 Å². The minimum Gasteiger partial charge on any atom is -0.493 e. The highest BCUT2D eigenvalue weighted by Crippen LogP contribution is 2.35. The predicted molar refractivity (Wildman–Crippen MR) is 149 cm³/mol. The third-order valence-corrected chi connectivity index (χ3v) is 7.08. The number of pyridine rings is 1. The number of benzene rings is 2. The van der Waals surface area contributed by atoms with Gasteiger partial charge in [0.05, 0.1) is 24.2 Å². The summed E-state index contributed by atoms with van der Waals surface area (Å²) >= 11 is 0. The SMILES string of the molecule is CCCCCNC(=O)n1c(=O)n(-c2ccc(-c3ccc(OC)c(OC4CCCC4)c3)cn2)c2ccccc21. The average molecular weight is 515 g/mol. The van der Waals surface area contributed by atoms with Gasteiger partial charge in [-0.1, -0.05) is 38.0 Å².